The summed E-state index contributed by atoms with van der Waals surface area (Å²) >= 11 is 1.55. The molecule has 1 aliphatic rings. The Hall–Kier alpha value is -2.53. The van der Waals surface area contributed by atoms with Crippen LogP contribution in [0.5, 0.6) is 0 Å². The summed E-state index contributed by atoms with van der Waals surface area (Å²) in [5.74, 6) is 0.127. The van der Waals surface area contributed by atoms with Crippen LogP contribution >= 0.6 is 11.3 Å². The summed E-state index contributed by atoms with van der Waals surface area (Å²) in [5.41, 5.74) is 2.32. The van der Waals surface area contributed by atoms with Crippen molar-refractivity contribution in [2.45, 2.75) is 31.4 Å². The monoisotopic (exact) mass is 475 g/mol. The number of thiophene rings is 1. The molecule has 4 rings (SSSR count). The van der Waals surface area contributed by atoms with Crippen LogP contribution in [0.25, 0.3) is 17.1 Å². The molecule has 0 unspecified atom stereocenters. The Morgan fingerprint density at radius 3 is 2.81 bits per heavy atom. The van der Waals surface area contributed by atoms with Crippen LogP contribution in [-0.4, -0.2) is 54.5 Å². The van der Waals surface area contributed by atoms with Crippen molar-refractivity contribution in [2.75, 3.05) is 26.3 Å². The molecule has 1 fully saturated rings. The lowest BCUT2D eigenvalue weighted by atomic mass is 10.3. The molecule has 0 radical (unpaired) electrons. The van der Waals surface area contributed by atoms with Crippen LogP contribution < -0.4 is 0 Å². The van der Waals surface area contributed by atoms with Crippen molar-refractivity contribution < 1.29 is 22.7 Å². The molecule has 0 aliphatic carbocycles. The molecule has 0 saturated carbocycles. The van der Waals surface area contributed by atoms with Gasteiger partial charge in [-0.2, -0.15) is 15.6 Å². The number of benzene rings is 1. The third kappa shape index (κ3) is 4.93. The molecule has 1 saturated heterocycles. The van der Waals surface area contributed by atoms with Gasteiger partial charge in [-0.3, -0.25) is 0 Å². The molecule has 0 atom stereocenters. The molecule has 32 heavy (non-hydrogen) atoms. The largest absolute Gasteiger partial charge is 0.454 e. The van der Waals surface area contributed by atoms with Crippen LogP contribution in [0, 0.1) is 0 Å². The molecule has 0 spiro atoms. The first-order chi connectivity index (χ1) is 15.5. The van der Waals surface area contributed by atoms with Gasteiger partial charge < -0.3 is 14.0 Å². The Balaban J connectivity index is 1.56. The number of ether oxygens (including phenoxy) is 2. The van der Waals surface area contributed by atoms with E-state index in [1.165, 1.54) is 10.4 Å². The molecule has 1 aliphatic heterocycles. The van der Waals surface area contributed by atoms with Gasteiger partial charge in [0, 0.05) is 25.7 Å². The summed E-state index contributed by atoms with van der Waals surface area (Å²) in [7, 11) is -3.61. The standard InChI is InChI=1S/C22H25N3O5S2/c1-2-8-25-20-5-4-18(32(27,28)24-9-11-29-12-10-24)14-19(20)23-21(25)15-30-22(26)6-3-17-7-13-31-16-17/h3-7,13-14,16H,2,8-12,15H2,1H3/b6-3+. The first kappa shape index (κ1) is 22.7. The van der Waals surface area contributed by atoms with Gasteiger partial charge in [-0.15, -0.1) is 0 Å². The SMILES string of the molecule is CCCn1c(COC(=O)/C=C/c2ccsc2)nc2cc(S(=O)(=O)N3CCOCC3)ccc21. The number of aryl methyl sites for hydroxylation is 1. The number of imidazole rings is 1. The Bertz CT molecular complexity index is 1210. The van der Waals surface area contributed by atoms with Crippen LogP contribution in [0.1, 0.15) is 24.7 Å². The van der Waals surface area contributed by atoms with Crippen molar-refractivity contribution in [1.29, 1.82) is 0 Å². The van der Waals surface area contributed by atoms with Crippen molar-refractivity contribution in [3.63, 3.8) is 0 Å². The Kier molecular flexibility index (Phi) is 7.04. The summed E-state index contributed by atoms with van der Waals surface area (Å²) in [4.78, 5) is 16.9. The minimum Gasteiger partial charge on any atom is -0.454 e. The first-order valence-electron chi connectivity index (χ1n) is 10.4. The third-order valence-electron chi connectivity index (χ3n) is 5.15. The quantitative estimate of drug-likeness (QED) is 0.367. The van der Waals surface area contributed by atoms with Gasteiger partial charge in [0.05, 0.1) is 29.1 Å². The zero-order valence-corrected chi connectivity index (χ0v) is 19.4. The van der Waals surface area contributed by atoms with Gasteiger partial charge in [-0.1, -0.05) is 6.92 Å². The molecule has 3 aromatic rings. The van der Waals surface area contributed by atoms with Crippen LogP contribution in [0.3, 0.4) is 0 Å². The Labute approximate surface area is 191 Å². The molecular weight excluding hydrogens is 450 g/mol. The number of hydrogen-bond acceptors (Lipinski definition) is 7. The number of aromatic nitrogens is 2. The number of morpholine rings is 1. The van der Waals surface area contributed by atoms with Gasteiger partial charge in [0.15, 0.2) is 0 Å². The summed E-state index contributed by atoms with van der Waals surface area (Å²) in [6, 6.07) is 6.89. The fourth-order valence-electron chi connectivity index (χ4n) is 3.56. The van der Waals surface area contributed by atoms with Crippen molar-refractivity contribution in [2.24, 2.45) is 0 Å². The molecule has 0 bridgehead atoms. The molecule has 3 heterocycles. The molecule has 10 heteroatoms. The summed E-state index contributed by atoms with van der Waals surface area (Å²) in [5, 5.41) is 3.87. The molecular formula is C22H25N3O5S2. The van der Waals surface area contributed by atoms with E-state index < -0.39 is 16.0 Å². The number of fused-ring (bicyclic) bond motifs is 1. The van der Waals surface area contributed by atoms with Gasteiger partial charge in [0.25, 0.3) is 0 Å². The van der Waals surface area contributed by atoms with Crippen molar-refractivity contribution in [1.82, 2.24) is 13.9 Å². The van der Waals surface area contributed by atoms with E-state index in [1.807, 2.05) is 28.3 Å². The summed E-state index contributed by atoms with van der Waals surface area (Å²) in [6.45, 7) is 4.20. The van der Waals surface area contributed by atoms with E-state index >= 15 is 0 Å². The summed E-state index contributed by atoms with van der Waals surface area (Å²) in [6.07, 6.45) is 3.96. The zero-order valence-electron chi connectivity index (χ0n) is 17.8. The molecule has 170 valence electrons. The minimum absolute atomic E-state index is 0.00698. The molecule has 0 amide bonds. The maximum Gasteiger partial charge on any atom is 0.331 e. The van der Waals surface area contributed by atoms with E-state index in [-0.39, 0.29) is 11.5 Å². The fraction of sp³-hybridized carbons (Fsp3) is 0.364. The van der Waals surface area contributed by atoms with Crippen LogP contribution in [-0.2, 0) is 37.4 Å². The van der Waals surface area contributed by atoms with Gasteiger partial charge in [-0.05, 0) is 53.1 Å². The number of carbonyl (C=O) groups is 1. The lowest BCUT2D eigenvalue weighted by Crippen LogP contribution is -2.40. The van der Waals surface area contributed by atoms with E-state index in [1.54, 1.807) is 35.6 Å². The Morgan fingerprint density at radius 1 is 1.28 bits per heavy atom. The highest BCUT2D eigenvalue weighted by atomic mass is 32.2. The maximum atomic E-state index is 13.0. The van der Waals surface area contributed by atoms with Crippen molar-refractivity contribution >= 4 is 44.4 Å². The number of nitrogens with zero attached hydrogens (tertiary/aromatic N) is 3. The van der Waals surface area contributed by atoms with Crippen molar-refractivity contribution in [3.05, 3.63) is 52.5 Å². The summed E-state index contributed by atoms with van der Waals surface area (Å²) < 4.78 is 40.0. The highest BCUT2D eigenvalue weighted by molar-refractivity contribution is 7.89. The number of hydrogen-bond donors (Lipinski definition) is 0. The minimum atomic E-state index is -3.61. The van der Waals surface area contributed by atoms with Gasteiger partial charge >= 0.3 is 5.97 Å². The fourth-order valence-corrected chi connectivity index (χ4v) is 5.61. The highest BCUT2D eigenvalue weighted by Crippen LogP contribution is 2.24. The van der Waals surface area contributed by atoms with Gasteiger partial charge in [0.2, 0.25) is 10.0 Å². The van der Waals surface area contributed by atoms with E-state index in [9.17, 15) is 13.2 Å². The molecule has 1 aromatic carbocycles. The maximum absolute atomic E-state index is 13.0. The number of carbonyl (C=O) groups excluding carboxylic acids is 1. The van der Waals surface area contributed by atoms with E-state index in [2.05, 4.69) is 4.98 Å². The van der Waals surface area contributed by atoms with Crippen LogP contribution in [0.2, 0.25) is 0 Å². The second-order valence-corrected chi connectivity index (χ2v) is 10.1. The highest BCUT2D eigenvalue weighted by Gasteiger charge is 2.27. The van der Waals surface area contributed by atoms with E-state index in [0.29, 0.717) is 44.2 Å². The predicted octanol–water partition coefficient (Wildman–Crippen LogP) is 3.29. The van der Waals surface area contributed by atoms with Crippen LogP contribution in [0.4, 0.5) is 0 Å². The lowest BCUT2D eigenvalue weighted by Gasteiger charge is -2.26. The van der Waals surface area contributed by atoms with Gasteiger partial charge in [0.1, 0.15) is 12.4 Å². The van der Waals surface area contributed by atoms with E-state index in [0.717, 1.165) is 17.5 Å². The number of esters is 1. The lowest BCUT2D eigenvalue weighted by molar-refractivity contribution is -0.139. The predicted molar refractivity (Wildman–Crippen MR) is 123 cm³/mol. The second kappa shape index (κ2) is 9.95. The normalized spacial score (nSPS) is 15.5. The van der Waals surface area contributed by atoms with Crippen LogP contribution in [0.15, 0.2) is 46.0 Å². The third-order valence-corrected chi connectivity index (χ3v) is 7.75. The second-order valence-electron chi connectivity index (χ2n) is 7.34. The van der Waals surface area contributed by atoms with Gasteiger partial charge in [-0.25, -0.2) is 18.2 Å². The zero-order chi connectivity index (χ0) is 22.6. The molecule has 8 nitrogen and oxygen atoms in total. The average Bonchev–Trinajstić information content (AvgIpc) is 3.45. The molecule has 0 N–H and O–H groups in total. The molecule has 2 aromatic heterocycles. The first-order valence-corrected chi connectivity index (χ1v) is 12.8. The average molecular weight is 476 g/mol. The smallest absolute Gasteiger partial charge is 0.331 e. The van der Waals surface area contributed by atoms with Crippen molar-refractivity contribution in [3.8, 4) is 0 Å². The number of rotatable bonds is 8. The van der Waals surface area contributed by atoms with E-state index in [4.69, 9.17) is 9.47 Å². The number of sulfonamides is 1. The topological polar surface area (TPSA) is 90.7 Å². The Morgan fingerprint density at radius 2 is 2.09 bits per heavy atom.